The largest absolute Gasteiger partial charge is 0.475 e. The van der Waals surface area contributed by atoms with Crippen molar-refractivity contribution in [1.82, 2.24) is 15.5 Å². The maximum absolute atomic E-state index is 12.8. The molecule has 1 aromatic heterocycles. The normalized spacial score (nSPS) is 10.3. The van der Waals surface area contributed by atoms with Gasteiger partial charge in [0.1, 0.15) is 12.4 Å². The topological polar surface area (TPSA) is 76.1 Å². The number of hydrogen-bond donors (Lipinski definition) is 2. The molecule has 6 nitrogen and oxygen atoms in total. The van der Waals surface area contributed by atoms with Gasteiger partial charge < -0.3 is 15.4 Å². The lowest BCUT2D eigenvalue weighted by molar-refractivity contribution is 0.246. The van der Waals surface area contributed by atoms with Crippen LogP contribution in [0.15, 0.2) is 60.7 Å². The Morgan fingerprint density at radius 1 is 1.00 bits per heavy atom. The smallest absolute Gasteiger partial charge is 0.319 e. The fraction of sp³-hybridized carbons (Fsp3) is 0.150. The molecule has 27 heavy (non-hydrogen) atoms. The van der Waals surface area contributed by atoms with Crippen molar-refractivity contribution in [3.63, 3.8) is 0 Å². The Balaban J connectivity index is 1.41. The first kappa shape index (κ1) is 18.3. The molecule has 0 saturated heterocycles. The molecule has 2 aromatic carbocycles. The van der Waals surface area contributed by atoms with Crippen LogP contribution in [0.5, 0.6) is 5.88 Å². The van der Waals surface area contributed by atoms with Crippen molar-refractivity contribution in [3.8, 4) is 17.1 Å². The van der Waals surface area contributed by atoms with Crippen LogP contribution in [0.25, 0.3) is 11.3 Å². The van der Waals surface area contributed by atoms with E-state index < -0.39 is 6.03 Å². The molecule has 0 saturated carbocycles. The van der Waals surface area contributed by atoms with Crippen molar-refractivity contribution in [2.45, 2.75) is 6.92 Å². The van der Waals surface area contributed by atoms with Crippen molar-refractivity contribution < 1.29 is 13.9 Å². The summed E-state index contributed by atoms with van der Waals surface area (Å²) in [4.78, 5) is 11.7. The van der Waals surface area contributed by atoms with Crippen LogP contribution in [0.2, 0.25) is 0 Å². The number of halogens is 1. The number of nitrogens with one attached hydrogen (secondary N) is 2. The number of urea groups is 1. The summed E-state index contributed by atoms with van der Waals surface area (Å²) in [6, 6.07) is 16.7. The number of anilines is 1. The average Bonchev–Trinajstić information content (AvgIpc) is 2.68. The predicted molar refractivity (Wildman–Crippen MR) is 101 cm³/mol. The van der Waals surface area contributed by atoms with Gasteiger partial charge in [-0.15, -0.1) is 10.2 Å². The highest BCUT2D eigenvalue weighted by Crippen LogP contribution is 2.18. The molecule has 2 N–H and O–H groups in total. The van der Waals surface area contributed by atoms with Crippen molar-refractivity contribution in [3.05, 3.63) is 72.0 Å². The van der Waals surface area contributed by atoms with Gasteiger partial charge in [0.05, 0.1) is 12.2 Å². The first-order valence-corrected chi connectivity index (χ1v) is 8.44. The third-order valence-electron chi connectivity index (χ3n) is 3.73. The quantitative estimate of drug-likeness (QED) is 0.651. The second kappa shape index (κ2) is 8.75. The van der Waals surface area contributed by atoms with Gasteiger partial charge in [-0.05, 0) is 37.3 Å². The van der Waals surface area contributed by atoms with Crippen molar-refractivity contribution in [1.29, 1.82) is 0 Å². The summed E-state index contributed by atoms with van der Waals surface area (Å²) >= 11 is 0. The lowest BCUT2D eigenvalue weighted by Gasteiger charge is -2.08. The molecule has 0 radical (unpaired) electrons. The molecule has 0 atom stereocenters. The Morgan fingerprint density at radius 3 is 2.41 bits per heavy atom. The summed E-state index contributed by atoms with van der Waals surface area (Å²) < 4.78 is 18.3. The lowest BCUT2D eigenvalue weighted by Crippen LogP contribution is -2.32. The highest BCUT2D eigenvalue weighted by Gasteiger charge is 2.04. The number of carbonyl (C=O) groups is 1. The third kappa shape index (κ3) is 5.50. The number of ether oxygens (including phenoxy) is 1. The molecular formula is C20H19FN4O2. The van der Waals surface area contributed by atoms with Gasteiger partial charge in [-0.1, -0.05) is 29.8 Å². The van der Waals surface area contributed by atoms with E-state index in [1.165, 1.54) is 29.8 Å². The minimum Gasteiger partial charge on any atom is -0.475 e. The Hall–Kier alpha value is -3.48. The molecule has 0 aliphatic rings. The second-order valence-electron chi connectivity index (χ2n) is 5.86. The average molecular weight is 366 g/mol. The van der Waals surface area contributed by atoms with E-state index in [-0.39, 0.29) is 19.0 Å². The van der Waals surface area contributed by atoms with Crippen LogP contribution < -0.4 is 15.4 Å². The van der Waals surface area contributed by atoms with E-state index in [1.807, 2.05) is 37.3 Å². The van der Waals surface area contributed by atoms with Crippen LogP contribution in [-0.2, 0) is 0 Å². The minimum atomic E-state index is -0.397. The summed E-state index contributed by atoms with van der Waals surface area (Å²) in [6.45, 7) is 2.56. The van der Waals surface area contributed by atoms with Gasteiger partial charge in [0, 0.05) is 17.3 Å². The monoisotopic (exact) mass is 366 g/mol. The van der Waals surface area contributed by atoms with Crippen LogP contribution in [0.4, 0.5) is 14.9 Å². The number of aryl methyl sites for hydroxylation is 1. The molecule has 138 valence electrons. The van der Waals surface area contributed by atoms with Crippen LogP contribution >= 0.6 is 0 Å². The third-order valence-corrected chi connectivity index (χ3v) is 3.73. The summed E-state index contributed by atoms with van der Waals surface area (Å²) in [5, 5.41) is 13.4. The maximum Gasteiger partial charge on any atom is 0.319 e. The fourth-order valence-electron chi connectivity index (χ4n) is 2.30. The van der Waals surface area contributed by atoms with Gasteiger partial charge in [-0.2, -0.15) is 0 Å². The Labute approximate surface area is 156 Å². The van der Waals surface area contributed by atoms with Crippen molar-refractivity contribution in [2.24, 2.45) is 0 Å². The number of rotatable bonds is 6. The van der Waals surface area contributed by atoms with E-state index in [1.54, 1.807) is 6.07 Å². The van der Waals surface area contributed by atoms with Gasteiger partial charge in [0.25, 0.3) is 0 Å². The molecule has 2 amide bonds. The van der Waals surface area contributed by atoms with E-state index in [0.717, 1.165) is 11.3 Å². The van der Waals surface area contributed by atoms with Gasteiger partial charge in [0.2, 0.25) is 5.88 Å². The summed E-state index contributed by atoms with van der Waals surface area (Å²) in [6.07, 6.45) is 0. The zero-order valence-corrected chi connectivity index (χ0v) is 14.8. The number of aromatic nitrogens is 2. The molecule has 3 aromatic rings. The summed E-state index contributed by atoms with van der Waals surface area (Å²) in [7, 11) is 0. The highest BCUT2D eigenvalue weighted by atomic mass is 19.1. The number of nitrogens with zero attached hydrogens (tertiary/aromatic N) is 2. The molecule has 1 heterocycles. The van der Waals surface area contributed by atoms with E-state index in [2.05, 4.69) is 20.8 Å². The first-order valence-electron chi connectivity index (χ1n) is 8.44. The molecule has 0 unspecified atom stereocenters. The van der Waals surface area contributed by atoms with Gasteiger partial charge >= 0.3 is 6.03 Å². The molecule has 0 spiro atoms. The molecule has 0 aliphatic heterocycles. The van der Waals surface area contributed by atoms with E-state index in [4.69, 9.17) is 4.74 Å². The molecule has 7 heteroatoms. The Bertz CT molecular complexity index is 881. The number of hydrogen-bond acceptors (Lipinski definition) is 4. The number of benzene rings is 2. The van der Waals surface area contributed by atoms with Crippen LogP contribution in [0.3, 0.4) is 0 Å². The zero-order chi connectivity index (χ0) is 19.1. The van der Waals surface area contributed by atoms with Crippen LogP contribution in [0, 0.1) is 12.7 Å². The molecule has 0 fully saturated rings. The van der Waals surface area contributed by atoms with Crippen LogP contribution in [-0.4, -0.2) is 29.4 Å². The van der Waals surface area contributed by atoms with Gasteiger partial charge in [-0.25, -0.2) is 9.18 Å². The second-order valence-corrected chi connectivity index (χ2v) is 5.86. The van der Waals surface area contributed by atoms with E-state index in [9.17, 15) is 9.18 Å². The van der Waals surface area contributed by atoms with Crippen molar-refractivity contribution >= 4 is 11.7 Å². The van der Waals surface area contributed by atoms with Gasteiger partial charge in [0.15, 0.2) is 0 Å². The van der Waals surface area contributed by atoms with E-state index >= 15 is 0 Å². The van der Waals surface area contributed by atoms with E-state index in [0.29, 0.717) is 11.6 Å². The highest BCUT2D eigenvalue weighted by molar-refractivity contribution is 5.89. The van der Waals surface area contributed by atoms with Gasteiger partial charge in [-0.3, -0.25) is 0 Å². The summed E-state index contributed by atoms with van der Waals surface area (Å²) in [5.74, 6) is 0.0236. The first-order chi connectivity index (χ1) is 13.1. The molecule has 0 aliphatic carbocycles. The minimum absolute atomic E-state index is 0.245. The van der Waals surface area contributed by atoms with Crippen molar-refractivity contribution in [2.75, 3.05) is 18.5 Å². The number of carbonyl (C=O) groups excluding carboxylic acids is 1. The Morgan fingerprint density at radius 2 is 1.74 bits per heavy atom. The molecule has 0 bridgehead atoms. The maximum atomic E-state index is 12.8. The van der Waals surface area contributed by atoms with Crippen LogP contribution in [0.1, 0.15) is 5.56 Å². The SMILES string of the molecule is Cc1ccc(-c2ccc(OCCNC(=O)Nc3ccc(F)cc3)nn2)cc1. The molecule has 3 rings (SSSR count). The predicted octanol–water partition coefficient (Wildman–Crippen LogP) is 3.79. The zero-order valence-electron chi connectivity index (χ0n) is 14.8. The summed E-state index contributed by atoms with van der Waals surface area (Å²) in [5.41, 5.74) is 3.44. The number of amides is 2. The standard InChI is InChI=1S/C20H19FN4O2/c1-14-2-4-15(5-3-14)18-10-11-19(25-24-18)27-13-12-22-20(26)23-17-8-6-16(21)7-9-17/h2-11H,12-13H2,1H3,(H2,22,23,26). The fourth-order valence-corrected chi connectivity index (χ4v) is 2.30. The Kier molecular flexibility index (Phi) is 5.94. The molecular weight excluding hydrogens is 347 g/mol. The lowest BCUT2D eigenvalue weighted by atomic mass is 10.1.